The second-order valence-electron chi connectivity index (χ2n) is 8.17. The Morgan fingerprint density at radius 1 is 1.11 bits per heavy atom. The minimum Gasteiger partial charge on any atom is -0.355 e. The fourth-order valence-electron chi connectivity index (χ4n) is 4.52. The van der Waals surface area contributed by atoms with Crippen LogP contribution in [0.4, 0.5) is 5.82 Å². The van der Waals surface area contributed by atoms with Gasteiger partial charge in [0.2, 0.25) is 0 Å². The van der Waals surface area contributed by atoms with E-state index in [4.69, 9.17) is 5.73 Å². The van der Waals surface area contributed by atoms with E-state index in [2.05, 4.69) is 39.1 Å². The highest BCUT2D eigenvalue weighted by Gasteiger charge is 2.45. The molecular formula is C22H30N4S. The minimum atomic E-state index is 0. The predicted octanol–water partition coefficient (Wildman–Crippen LogP) is 4.46. The van der Waals surface area contributed by atoms with Crippen molar-refractivity contribution in [2.45, 2.75) is 50.6 Å². The van der Waals surface area contributed by atoms with Gasteiger partial charge >= 0.3 is 0 Å². The van der Waals surface area contributed by atoms with Crippen LogP contribution in [0.3, 0.4) is 0 Å². The van der Waals surface area contributed by atoms with Crippen LogP contribution in [0.15, 0.2) is 41.7 Å². The molecule has 2 N–H and O–H groups in total. The Bertz CT molecular complexity index is 779. The normalized spacial score (nSPS) is 23.1. The first-order valence-corrected chi connectivity index (χ1v) is 10.8. The largest absolute Gasteiger partial charge is 0.355 e. The topological polar surface area (TPSA) is 55.0 Å². The summed E-state index contributed by atoms with van der Waals surface area (Å²) in [6.07, 6.45) is 10.1. The predicted molar refractivity (Wildman–Crippen MR) is 113 cm³/mol. The van der Waals surface area contributed by atoms with E-state index in [1.54, 1.807) is 0 Å². The van der Waals surface area contributed by atoms with Crippen molar-refractivity contribution in [3.63, 3.8) is 0 Å². The lowest BCUT2D eigenvalue weighted by Gasteiger charge is -2.42. The first-order chi connectivity index (χ1) is 12.7. The summed E-state index contributed by atoms with van der Waals surface area (Å²) in [7, 11) is 0. The van der Waals surface area contributed by atoms with E-state index in [9.17, 15) is 0 Å². The number of anilines is 1. The van der Waals surface area contributed by atoms with Crippen molar-refractivity contribution in [1.82, 2.24) is 9.97 Å². The van der Waals surface area contributed by atoms with Gasteiger partial charge in [-0.15, -0.1) is 11.8 Å². The molecule has 1 spiro atoms. The molecule has 0 radical (unpaired) electrons. The summed E-state index contributed by atoms with van der Waals surface area (Å²) >= 11 is 1.85. The van der Waals surface area contributed by atoms with Crippen molar-refractivity contribution in [3.05, 3.63) is 47.8 Å². The lowest BCUT2D eigenvalue weighted by molar-refractivity contribution is 0.187. The Morgan fingerprint density at radius 2 is 1.89 bits per heavy atom. The molecule has 2 heterocycles. The standard InChI is InChI=1S/C21H26N4S.CH4/c22-20-17-4-2-1-3-16(17)11-21(20)7-9-25(10-8-21)18-12-24-19(13-23-18)26-14-15-5-6-15;/h1-4,12-13,15,20H,5-11,14,22H2;1H4/t20-;/m1./s1. The summed E-state index contributed by atoms with van der Waals surface area (Å²) in [5, 5.41) is 1.06. The summed E-state index contributed by atoms with van der Waals surface area (Å²) in [6, 6.07) is 8.89. The Labute approximate surface area is 167 Å². The third-order valence-corrected chi connectivity index (χ3v) is 7.60. The van der Waals surface area contributed by atoms with Gasteiger partial charge in [0.1, 0.15) is 10.8 Å². The van der Waals surface area contributed by atoms with Crippen LogP contribution in [-0.4, -0.2) is 28.8 Å². The highest BCUT2D eigenvalue weighted by Crippen LogP contribution is 2.50. The molecular weight excluding hydrogens is 352 g/mol. The average molecular weight is 383 g/mol. The van der Waals surface area contributed by atoms with Gasteiger partial charge in [0.15, 0.2) is 0 Å². The molecule has 1 saturated carbocycles. The number of hydrogen-bond acceptors (Lipinski definition) is 5. The van der Waals surface area contributed by atoms with Crippen molar-refractivity contribution in [2.24, 2.45) is 17.1 Å². The second kappa shape index (κ2) is 7.44. The Hall–Kier alpha value is -1.59. The monoisotopic (exact) mass is 382 g/mol. The van der Waals surface area contributed by atoms with Crippen LogP contribution >= 0.6 is 11.8 Å². The van der Waals surface area contributed by atoms with Crippen molar-refractivity contribution in [3.8, 4) is 0 Å². The Kier molecular flexibility index (Phi) is 5.17. The molecule has 4 nitrogen and oxygen atoms in total. The van der Waals surface area contributed by atoms with Gasteiger partial charge in [0.25, 0.3) is 0 Å². The fraction of sp³-hybridized carbons (Fsp3) is 0.545. The molecule has 2 aromatic rings. The molecule has 0 bridgehead atoms. The summed E-state index contributed by atoms with van der Waals surface area (Å²) in [4.78, 5) is 11.7. The van der Waals surface area contributed by atoms with Gasteiger partial charge in [0.05, 0.1) is 12.4 Å². The highest BCUT2D eigenvalue weighted by molar-refractivity contribution is 7.99. The molecule has 1 aromatic carbocycles. The molecule has 1 saturated heterocycles. The number of hydrogen-bond donors (Lipinski definition) is 1. The van der Waals surface area contributed by atoms with Gasteiger partial charge in [0, 0.05) is 24.9 Å². The van der Waals surface area contributed by atoms with Crippen LogP contribution in [0.1, 0.15) is 50.3 Å². The summed E-state index contributed by atoms with van der Waals surface area (Å²) < 4.78 is 0. The van der Waals surface area contributed by atoms with Crippen LogP contribution in [0.5, 0.6) is 0 Å². The summed E-state index contributed by atoms with van der Waals surface area (Å²) in [5.41, 5.74) is 9.71. The number of thioether (sulfide) groups is 1. The van der Waals surface area contributed by atoms with Gasteiger partial charge in [-0.3, -0.25) is 0 Å². The van der Waals surface area contributed by atoms with Crippen LogP contribution in [0.2, 0.25) is 0 Å². The number of aromatic nitrogens is 2. The van der Waals surface area contributed by atoms with Gasteiger partial charge in [-0.05, 0) is 54.6 Å². The van der Waals surface area contributed by atoms with Gasteiger partial charge in [-0.2, -0.15) is 0 Å². The molecule has 5 heteroatoms. The average Bonchev–Trinajstić information content (AvgIpc) is 3.48. The SMILES string of the molecule is C.N[C@@H]1c2ccccc2CC12CCN(c1cnc(SCC3CC3)cn1)CC2. The molecule has 27 heavy (non-hydrogen) atoms. The van der Waals surface area contributed by atoms with Gasteiger partial charge < -0.3 is 10.6 Å². The second-order valence-corrected chi connectivity index (χ2v) is 9.21. The molecule has 0 unspecified atom stereocenters. The van der Waals surface area contributed by atoms with Gasteiger partial charge in [-0.1, -0.05) is 31.7 Å². The molecule has 3 aliphatic rings. The van der Waals surface area contributed by atoms with E-state index < -0.39 is 0 Å². The summed E-state index contributed by atoms with van der Waals surface area (Å²) in [5.74, 6) is 3.12. The summed E-state index contributed by atoms with van der Waals surface area (Å²) in [6.45, 7) is 2.04. The van der Waals surface area contributed by atoms with Crippen LogP contribution < -0.4 is 10.6 Å². The maximum atomic E-state index is 6.67. The quantitative estimate of drug-likeness (QED) is 0.791. The van der Waals surface area contributed by atoms with E-state index >= 15 is 0 Å². The number of benzene rings is 1. The number of nitrogens with zero attached hydrogens (tertiary/aromatic N) is 3. The zero-order valence-electron chi connectivity index (χ0n) is 15.1. The lowest BCUT2D eigenvalue weighted by Crippen LogP contribution is -2.44. The van der Waals surface area contributed by atoms with E-state index in [1.807, 2.05) is 24.2 Å². The molecule has 1 aliphatic heterocycles. The minimum absolute atomic E-state index is 0. The molecule has 1 aromatic heterocycles. The maximum Gasteiger partial charge on any atom is 0.147 e. The molecule has 2 aliphatic carbocycles. The number of nitrogens with two attached hydrogens (primary N) is 1. The van der Waals surface area contributed by atoms with Gasteiger partial charge in [-0.25, -0.2) is 9.97 Å². The number of rotatable bonds is 4. The molecule has 2 fully saturated rings. The molecule has 5 rings (SSSR count). The van der Waals surface area contributed by atoms with Crippen molar-refractivity contribution in [1.29, 1.82) is 0 Å². The number of fused-ring (bicyclic) bond motifs is 1. The van der Waals surface area contributed by atoms with E-state index in [-0.39, 0.29) is 18.9 Å². The fourth-order valence-corrected chi connectivity index (χ4v) is 5.52. The smallest absolute Gasteiger partial charge is 0.147 e. The first-order valence-electron chi connectivity index (χ1n) is 9.77. The molecule has 1 atom stereocenters. The van der Waals surface area contributed by atoms with Crippen molar-refractivity contribution in [2.75, 3.05) is 23.7 Å². The van der Waals surface area contributed by atoms with Crippen LogP contribution in [0, 0.1) is 11.3 Å². The van der Waals surface area contributed by atoms with Crippen LogP contribution in [-0.2, 0) is 6.42 Å². The van der Waals surface area contributed by atoms with E-state index in [0.717, 1.165) is 49.1 Å². The van der Waals surface area contributed by atoms with Crippen LogP contribution in [0.25, 0.3) is 0 Å². The third kappa shape index (κ3) is 3.59. The molecule has 144 valence electrons. The van der Waals surface area contributed by atoms with E-state index in [1.165, 1.54) is 29.7 Å². The number of piperidine rings is 1. The molecule has 0 amide bonds. The Morgan fingerprint density at radius 3 is 2.56 bits per heavy atom. The first kappa shape index (κ1) is 18.8. The van der Waals surface area contributed by atoms with E-state index in [0.29, 0.717) is 0 Å². The maximum absolute atomic E-state index is 6.67. The zero-order chi connectivity index (χ0) is 17.6. The Balaban J connectivity index is 0.00000180. The zero-order valence-corrected chi connectivity index (χ0v) is 15.9. The third-order valence-electron chi connectivity index (χ3n) is 6.45. The van der Waals surface area contributed by atoms with Crippen molar-refractivity contribution < 1.29 is 0 Å². The lowest BCUT2D eigenvalue weighted by atomic mass is 9.73. The highest BCUT2D eigenvalue weighted by atomic mass is 32.2. The van der Waals surface area contributed by atoms with Crippen molar-refractivity contribution >= 4 is 17.6 Å².